The first-order valence-electron chi connectivity index (χ1n) is 5.33. The van der Waals surface area contributed by atoms with Gasteiger partial charge in [-0.15, -0.1) is 11.3 Å². The zero-order valence-electron chi connectivity index (χ0n) is 10.2. The minimum Gasteiger partial charge on any atom is -0.289 e. The topological polar surface area (TPSA) is 63.2 Å². The van der Waals surface area contributed by atoms with Gasteiger partial charge in [0.05, 0.1) is 16.2 Å². The number of rotatable bonds is 4. The van der Waals surface area contributed by atoms with Crippen molar-refractivity contribution in [2.75, 3.05) is 11.0 Å². The van der Waals surface area contributed by atoms with Gasteiger partial charge < -0.3 is 0 Å². The van der Waals surface area contributed by atoms with E-state index in [1.54, 1.807) is 0 Å². The summed E-state index contributed by atoms with van der Waals surface area (Å²) in [7, 11) is -3.34. The van der Waals surface area contributed by atoms with Crippen LogP contribution in [-0.2, 0) is 10.0 Å². The van der Waals surface area contributed by atoms with Crippen molar-refractivity contribution in [2.24, 2.45) is 0 Å². The van der Waals surface area contributed by atoms with Crippen molar-refractivity contribution in [3.05, 3.63) is 50.1 Å². The number of carbonyl (C=O) groups is 1. The number of thiophene rings is 1. The summed E-state index contributed by atoms with van der Waals surface area (Å²) in [6.07, 6.45) is 1.05. The Morgan fingerprint density at radius 1 is 1.20 bits per heavy atom. The van der Waals surface area contributed by atoms with Gasteiger partial charge in [-0.2, -0.15) is 0 Å². The molecule has 0 aliphatic heterocycles. The maximum Gasteiger partial charge on any atom is 0.229 e. The standard InChI is InChI=1S/C12H9Cl2NO3S2/c1-20(17,18)15-8-4-2-7(3-5-8)11(16)9-6-10(13)19-12(9)14/h2-6,15H,1H3. The molecule has 0 saturated carbocycles. The van der Waals surface area contributed by atoms with E-state index in [-0.39, 0.29) is 5.78 Å². The van der Waals surface area contributed by atoms with Crippen LogP contribution in [0.4, 0.5) is 5.69 Å². The Bertz CT molecular complexity index is 752. The molecule has 0 bridgehead atoms. The molecule has 106 valence electrons. The smallest absolute Gasteiger partial charge is 0.229 e. The van der Waals surface area contributed by atoms with E-state index in [2.05, 4.69) is 4.72 Å². The lowest BCUT2D eigenvalue weighted by atomic mass is 10.1. The van der Waals surface area contributed by atoms with Crippen molar-refractivity contribution in [2.45, 2.75) is 0 Å². The van der Waals surface area contributed by atoms with Crippen LogP contribution in [0.2, 0.25) is 8.67 Å². The van der Waals surface area contributed by atoms with Crippen molar-refractivity contribution in [1.29, 1.82) is 0 Å². The highest BCUT2D eigenvalue weighted by Gasteiger charge is 2.16. The minimum absolute atomic E-state index is 0.260. The van der Waals surface area contributed by atoms with Crippen molar-refractivity contribution >= 4 is 56.0 Å². The molecule has 1 N–H and O–H groups in total. The fourth-order valence-electron chi connectivity index (χ4n) is 1.55. The Morgan fingerprint density at radius 3 is 2.25 bits per heavy atom. The van der Waals surface area contributed by atoms with Crippen LogP contribution in [-0.4, -0.2) is 20.5 Å². The van der Waals surface area contributed by atoms with Gasteiger partial charge in [0.1, 0.15) is 4.34 Å². The second-order valence-corrected chi connectivity index (χ2v) is 8.05. The van der Waals surface area contributed by atoms with E-state index >= 15 is 0 Å². The maximum atomic E-state index is 12.2. The quantitative estimate of drug-likeness (QED) is 0.856. The van der Waals surface area contributed by atoms with Gasteiger partial charge in [0.2, 0.25) is 10.0 Å². The third-order valence-electron chi connectivity index (χ3n) is 2.35. The van der Waals surface area contributed by atoms with Gasteiger partial charge in [-0.3, -0.25) is 9.52 Å². The summed E-state index contributed by atoms with van der Waals surface area (Å²) in [5.74, 6) is -0.260. The van der Waals surface area contributed by atoms with Gasteiger partial charge in [0.15, 0.2) is 5.78 Å². The van der Waals surface area contributed by atoms with E-state index in [0.29, 0.717) is 25.5 Å². The monoisotopic (exact) mass is 349 g/mol. The van der Waals surface area contributed by atoms with Crippen LogP contribution >= 0.6 is 34.5 Å². The van der Waals surface area contributed by atoms with E-state index in [9.17, 15) is 13.2 Å². The summed E-state index contributed by atoms with van der Waals surface area (Å²) in [4.78, 5) is 12.2. The largest absolute Gasteiger partial charge is 0.289 e. The number of hydrogen-bond acceptors (Lipinski definition) is 4. The molecule has 8 heteroatoms. The summed E-state index contributed by atoms with van der Waals surface area (Å²) in [6, 6.07) is 7.58. The molecular weight excluding hydrogens is 341 g/mol. The lowest BCUT2D eigenvalue weighted by Crippen LogP contribution is -2.09. The van der Waals surface area contributed by atoms with Crippen LogP contribution in [0, 0.1) is 0 Å². The molecule has 0 saturated heterocycles. The number of hydrogen-bond donors (Lipinski definition) is 1. The van der Waals surface area contributed by atoms with Gasteiger partial charge in [-0.25, -0.2) is 8.42 Å². The number of halogens is 2. The van der Waals surface area contributed by atoms with E-state index in [4.69, 9.17) is 23.2 Å². The molecule has 1 heterocycles. The summed E-state index contributed by atoms with van der Waals surface area (Å²) >= 11 is 12.9. The Labute approximate surface area is 130 Å². The molecule has 2 aromatic rings. The first-order valence-corrected chi connectivity index (χ1v) is 8.80. The van der Waals surface area contributed by atoms with Crippen LogP contribution in [0.25, 0.3) is 0 Å². The minimum atomic E-state index is -3.34. The molecule has 20 heavy (non-hydrogen) atoms. The zero-order valence-corrected chi connectivity index (χ0v) is 13.3. The third kappa shape index (κ3) is 3.73. The first-order chi connectivity index (χ1) is 9.26. The molecule has 0 radical (unpaired) electrons. The second-order valence-electron chi connectivity index (χ2n) is 4.02. The molecule has 2 rings (SSSR count). The molecule has 0 aliphatic rings. The van der Waals surface area contributed by atoms with E-state index in [1.165, 1.54) is 30.3 Å². The van der Waals surface area contributed by atoms with Crippen molar-refractivity contribution < 1.29 is 13.2 Å². The Morgan fingerprint density at radius 2 is 1.80 bits per heavy atom. The van der Waals surface area contributed by atoms with Crippen molar-refractivity contribution in [1.82, 2.24) is 0 Å². The molecule has 0 aliphatic carbocycles. The SMILES string of the molecule is CS(=O)(=O)Nc1ccc(C(=O)c2cc(Cl)sc2Cl)cc1. The second kappa shape index (κ2) is 5.73. The van der Waals surface area contributed by atoms with Gasteiger partial charge >= 0.3 is 0 Å². The number of ketones is 1. The average molecular weight is 350 g/mol. The van der Waals surface area contributed by atoms with E-state index < -0.39 is 10.0 Å². The lowest BCUT2D eigenvalue weighted by Gasteiger charge is -2.04. The summed E-state index contributed by atoms with van der Waals surface area (Å²) in [6.45, 7) is 0. The van der Waals surface area contributed by atoms with Crippen LogP contribution in [0.15, 0.2) is 30.3 Å². The van der Waals surface area contributed by atoms with E-state index in [0.717, 1.165) is 17.6 Å². The fourth-order valence-corrected chi connectivity index (χ4v) is 3.58. The summed E-state index contributed by atoms with van der Waals surface area (Å²) in [5, 5.41) is 0. The van der Waals surface area contributed by atoms with Crippen molar-refractivity contribution in [3.8, 4) is 0 Å². The summed E-state index contributed by atoms with van der Waals surface area (Å²) in [5.41, 5.74) is 1.13. The van der Waals surface area contributed by atoms with Gasteiger partial charge in [-0.05, 0) is 30.3 Å². The number of benzene rings is 1. The zero-order chi connectivity index (χ0) is 14.9. The van der Waals surface area contributed by atoms with Crippen LogP contribution < -0.4 is 4.72 Å². The molecule has 0 amide bonds. The van der Waals surface area contributed by atoms with Crippen molar-refractivity contribution in [3.63, 3.8) is 0 Å². The predicted octanol–water partition coefficient (Wildman–Crippen LogP) is 3.66. The molecule has 1 aromatic heterocycles. The van der Waals surface area contributed by atoms with Gasteiger partial charge in [0, 0.05) is 11.3 Å². The van der Waals surface area contributed by atoms with Crippen LogP contribution in [0.3, 0.4) is 0 Å². The average Bonchev–Trinajstić information content (AvgIpc) is 2.66. The molecule has 0 fully saturated rings. The normalized spacial score (nSPS) is 11.3. The highest BCUT2D eigenvalue weighted by molar-refractivity contribution is 7.92. The van der Waals surface area contributed by atoms with Crippen LogP contribution in [0.5, 0.6) is 0 Å². The highest BCUT2D eigenvalue weighted by atomic mass is 35.5. The molecular formula is C12H9Cl2NO3S2. The number of anilines is 1. The maximum absolute atomic E-state index is 12.2. The molecule has 0 unspecified atom stereocenters. The van der Waals surface area contributed by atoms with Crippen LogP contribution in [0.1, 0.15) is 15.9 Å². The molecule has 0 spiro atoms. The number of sulfonamides is 1. The van der Waals surface area contributed by atoms with E-state index in [1.807, 2.05) is 0 Å². The number of carbonyl (C=O) groups excluding carboxylic acids is 1. The third-order valence-corrected chi connectivity index (χ3v) is 4.45. The number of nitrogens with one attached hydrogen (secondary N) is 1. The molecule has 4 nitrogen and oxygen atoms in total. The molecule has 1 aromatic carbocycles. The predicted molar refractivity (Wildman–Crippen MR) is 82.7 cm³/mol. The Hall–Kier alpha value is -1.08. The van der Waals surface area contributed by atoms with Gasteiger partial charge in [0.25, 0.3) is 0 Å². The summed E-state index contributed by atoms with van der Waals surface area (Å²) < 4.78 is 25.2. The van der Waals surface area contributed by atoms with Gasteiger partial charge in [-0.1, -0.05) is 23.2 Å². The Kier molecular flexibility index (Phi) is 4.39. The first kappa shape index (κ1) is 15.3. The fraction of sp³-hybridized carbons (Fsp3) is 0.0833. The Balaban J connectivity index is 2.26. The molecule has 0 atom stereocenters. The lowest BCUT2D eigenvalue weighted by molar-refractivity contribution is 0.103. The highest BCUT2D eigenvalue weighted by Crippen LogP contribution is 2.32.